The minimum atomic E-state index is -1.16. The SMILES string of the molecule is Cc1ccnc(Cn2c(C(=O)O)cc3c(O)ccc(N4C[C@@H](C)n5c(c(CCCOc6cc(C)c(Cl)c(C)c6)c6ccc(Cl)c(-c7c(C)nn(C)c7C)c65)C4=O)c32)c1. The summed E-state index contributed by atoms with van der Waals surface area (Å²) in [6, 6.07) is 15.9. The molecule has 0 saturated heterocycles. The predicted molar refractivity (Wildman–Crippen MR) is 228 cm³/mol. The van der Waals surface area contributed by atoms with E-state index in [0.717, 1.165) is 61.4 Å². The first-order chi connectivity index (χ1) is 27.7. The average Bonchev–Trinajstić information content (AvgIpc) is 3.80. The van der Waals surface area contributed by atoms with Crippen LogP contribution in [0.25, 0.3) is 32.9 Å². The molecule has 1 aliphatic heterocycles. The number of amides is 1. The van der Waals surface area contributed by atoms with Gasteiger partial charge in [0.25, 0.3) is 5.91 Å². The third-order valence-corrected chi connectivity index (χ3v) is 12.3. The van der Waals surface area contributed by atoms with Crippen molar-refractivity contribution in [1.29, 1.82) is 0 Å². The number of nitrogens with zero attached hydrogens (tertiary/aromatic N) is 6. The lowest BCUT2D eigenvalue weighted by molar-refractivity contribution is 0.0686. The van der Waals surface area contributed by atoms with E-state index in [1.165, 1.54) is 12.1 Å². The predicted octanol–water partition coefficient (Wildman–Crippen LogP) is 9.93. The molecular formula is C45H44Cl2N6O5. The van der Waals surface area contributed by atoms with Crippen LogP contribution in [0.15, 0.2) is 60.8 Å². The maximum Gasteiger partial charge on any atom is 0.352 e. The van der Waals surface area contributed by atoms with Gasteiger partial charge in [-0.25, -0.2) is 4.79 Å². The van der Waals surface area contributed by atoms with Crippen molar-refractivity contribution in [2.24, 2.45) is 7.05 Å². The molecule has 298 valence electrons. The molecule has 1 aliphatic rings. The van der Waals surface area contributed by atoms with Gasteiger partial charge >= 0.3 is 5.97 Å². The first-order valence-corrected chi connectivity index (χ1v) is 20.0. The molecule has 13 heteroatoms. The molecule has 0 fully saturated rings. The normalized spacial score (nSPS) is 14.2. The van der Waals surface area contributed by atoms with Gasteiger partial charge in [0.2, 0.25) is 0 Å². The van der Waals surface area contributed by atoms with Crippen molar-refractivity contribution >= 4 is 62.6 Å². The molecule has 0 unspecified atom stereocenters. The van der Waals surface area contributed by atoms with Gasteiger partial charge in [-0.05, 0) is 125 Å². The number of phenolic OH excluding ortho intramolecular Hbond substituents is 1. The molecule has 2 N–H and O–H groups in total. The minimum absolute atomic E-state index is 0.0269. The van der Waals surface area contributed by atoms with E-state index in [9.17, 15) is 15.0 Å². The summed E-state index contributed by atoms with van der Waals surface area (Å²) in [7, 11) is 1.91. The number of ether oxygens (including phenoxy) is 1. The number of aryl methyl sites for hydroxylation is 6. The van der Waals surface area contributed by atoms with E-state index in [1.54, 1.807) is 21.7 Å². The summed E-state index contributed by atoms with van der Waals surface area (Å²) in [5.41, 5.74) is 10.2. The highest BCUT2D eigenvalue weighted by Gasteiger charge is 2.38. The number of hydrogen-bond acceptors (Lipinski definition) is 6. The zero-order chi connectivity index (χ0) is 41.3. The number of aromatic hydroxyl groups is 1. The fourth-order valence-corrected chi connectivity index (χ4v) is 9.05. The Morgan fingerprint density at radius 1 is 0.948 bits per heavy atom. The Labute approximate surface area is 346 Å². The molecule has 0 spiro atoms. The van der Waals surface area contributed by atoms with Crippen LogP contribution in [-0.2, 0) is 20.0 Å². The largest absolute Gasteiger partial charge is 0.507 e. The number of benzene rings is 3. The standard InChI is InChI=1S/C45H44Cl2N6O5/c1-23-14-15-48-29(17-23)22-51-36(45(56)57)20-33-37(54)13-12-35(41(33)51)52-21-26(4)53-42-32(10-11-34(46)39(42)38-27(5)49-50(7)28(38)6)31(43(53)44(52)55)9-8-16-58-30-18-24(2)40(47)25(3)19-30/h10-15,17-20,26,54H,8-9,16,21-22H2,1-7H3,(H,56,57)/t26-/m1/s1. The maximum atomic E-state index is 15.4. The second-order valence-electron chi connectivity index (χ2n) is 15.4. The lowest BCUT2D eigenvalue weighted by Gasteiger charge is -2.35. The van der Waals surface area contributed by atoms with Crippen LogP contribution in [-0.4, -0.2) is 59.1 Å². The maximum absolute atomic E-state index is 15.4. The summed E-state index contributed by atoms with van der Waals surface area (Å²) in [6.45, 7) is 12.7. The van der Waals surface area contributed by atoms with Gasteiger partial charge < -0.3 is 29.0 Å². The minimum Gasteiger partial charge on any atom is -0.507 e. The number of carbonyl (C=O) groups is 2. The first-order valence-electron chi connectivity index (χ1n) is 19.2. The number of aromatic carboxylic acids is 1. The Hall–Kier alpha value is -5.78. The van der Waals surface area contributed by atoms with Crippen molar-refractivity contribution in [3.05, 3.63) is 122 Å². The summed E-state index contributed by atoms with van der Waals surface area (Å²) in [4.78, 5) is 34.3. The van der Waals surface area contributed by atoms with Crippen molar-refractivity contribution in [2.45, 2.75) is 67.0 Å². The van der Waals surface area contributed by atoms with Crippen LogP contribution < -0.4 is 9.64 Å². The van der Waals surface area contributed by atoms with Crippen molar-refractivity contribution in [2.75, 3.05) is 18.1 Å². The van der Waals surface area contributed by atoms with Gasteiger partial charge in [0.15, 0.2) is 0 Å². The Balaban J connectivity index is 1.29. The van der Waals surface area contributed by atoms with Crippen molar-refractivity contribution in [3.8, 4) is 22.6 Å². The van der Waals surface area contributed by atoms with E-state index in [0.29, 0.717) is 57.5 Å². The summed E-state index contributed by atoms with van der Waals surface area (Å²) in [5, 5.41) is 28.8. The Kier molecular flexibility index (Phi) is 10.0. The average molecular weight is 820 g/mol. The molecule has 7 aromatic rings. The quantitative estimate of drug-likeness (QED) is 0.132. The summed E-state index contributed by atoms with van der Waals surface area (Å²) < 4.78 is 11.8. The number of fused-ring (bicyclic) bond motifs is 4. The summed E-state index contributed by atoms with van der Waals surface area (Å²) in [6.07, 6.45) is 2.81. The van der Waals surface area contributed by atoms with E-state index in [4.69, 9.17) is 33.0 Å². The first kappa shape index (κ1) is 39.1. The van der Waals surface area contributed by atoms with Crippen molar-refractivity contribution < 1.29 is 24.5 Å². The van der Waals surface area contributed by atoms with Gasteiger partial charge in [-0.2, -0.15) is 5.10 Å². The van der Waals surface area contributed by atoms with Gasteiger partial charge in [-0.3, -0.25) is 14.5 Å². The highest BCUT2D eigenvalue weighted by atomic mass is 35.5. The molecule has 8 rings (SSSR count). The summed E-state index contributed by atoms with van der Waals surface area (Å²) in [5.74, 6) is -0.763. The molecule has 11 nitrogen and oxygen atoms in total. The fourth-order valence-electron chi connectivity index (χ4n) is 8.69. The lowest BCUT2D eigenvalue weighted by atomic mass is 9.98. The van der Waals surface area contributed by atoms with Crippen LogP contribution in [0.3, 0.4) is 0 Å². The molecule has 0 saturated carbocycles. The van der Waals surface area contributed by atoms with Gasteiger partial charge in [0.1, 0.15) is 22.9 Å². The number of carbonyl (C=O) groups excluding carboxylic acids is 1. The molecule has 1 amide bonds. The Morgan fingerprint density at radius 3 is 2.36 bits per heavy atom. The van der Waals surface area contributed by atoms with Crippen LogP contribution in [0.1, 0.15) is 79.7 Å². The van der Waals surface area contributed by atoms with Crippen LogP contribution in [0.5, 0.6) is 11.5 Å². The van der Waals surface area contributed by atoms with Crippen LogP contribution in [0, 0.1) is 34.6 Å². The second-order valence-corrected chi connectivity index (χ2v) is 16.2. The monoisotopic (exact) mass is 818 g/mol. The number of pyridine rings is 1. The van der Waals surface area contributed by atoms with E-state index in [2.05, 4.69) is 16.5 Å². The third-order valence-electron chi connectivity index (χ3n) is 11.4. The molecule has 0 aliphatic carbocycles. The van der Waals surface area contributed by atoms with Crippen molar-refractivity contribution in [3.63, 3.8) is 0 Å². The molecular weight excluding hydrogens is 775 g/mol. The van der Waals surface area contributed by atoms with Gasteiger partial charge in [-0.1, -0.05) is 29.3 Å². The Morgan fingerprint density at radius 2 is 1.69 bits per heavy atom. The van der Waals surface area contributed by atoms with Crippen molar-refractivity contribution in [1.82, 2.24) is 23.9 Å². The molecule has 58 heavy (non-hydrogen) atoms. The van der Waals surface area contributed by atoms with E-state index in [1.807, 2.05) is 82.7 Å². The lowest BCUT2D eigenvalue weighted by Crippen LogP contribution is -2.43. The van der Waals surface area contributed by atoms with Crippen LogP contribution in [0.2, 0.25) is 10.0 Å². The number of carboxylic acid groups (broad SMARTS) is 1. The highest BCUT2D eigenvalue weighted by Crippen LogP contribution is 2.46. The molecule has 1 atom stereocenters. The third kappa shape index (κ3) is 6.46. The van der Waals surface area contributed by atoms with E-state index < -0.39 is 5.97 Å². The molecule has 5 heterocycles. The zero-order valence-corrected chi connectivity index (χ0v) is 35.0. The molecule has 3 aromatic carbocycles. The molecule has 0 bridgehead atoms. The van der Waals surface area contributed by atoms with Crippen LogP contribution >= 0.6 is 23.2 Å². The second kappa shape index (κ2) is 14.9. The number of aromatic nitrogens is 5. The fraction of sp³-hybridized carbons (Fsp3) is 0.289. The smallest absolute Gasteiger partial charge is 0.352 e. The number of hydrogen-bond donors (Lipinski definition) is 2. The topological polar surface area (TPSA) is 128 Å². The molecule has 4 aromatic heterocycles. The number of anilines is 1. The van der Waals surface area contributed by atoms with E-state index >= 15 is 4.79 Å². The zero-order valence-electron chi connectivity index (χ0n) is 33.4. The van der Waals surface area contributed by atoms with Gasteiger partial charge in [-0.15, -0.1) is 0 Å². The van der Waals surface area contributed by atoms with Gasteiger partial charge in [0.05, 0.1) is 46.3 Å². The highest BCUT2D eigenvalue weighted by molar-refractivity contribution is 6.35. The number of halogens is 2. The number of carboxylic acids is 1. The Bertz CT molecular complexity index is 2810. The number of phenols is 1. The number of rotatable bonds is 10. The van der Waals surface area contributed by atoms with Gasteiger partial charge in [0, 0.05) is 58.4 Å². The van der Waals surface area contributed by atoms with E-state index in [-0.39, 0.29) is 36.5 Å². The molecule has 0 radical (unpaired) electrons. The summed E-state index contributed by atoms with van der Waals surface area (Å²) >= 11 is 13.6. The van der Waals surface area contributed by atoms with Crippen LogP contribution in [0.4, 0.5) is 5.69 Å².